The molecule has 0 bridgehead atoms. The molecule has 0 unspecified atom stereocenters. The molecule has 4 N–H and O–H groups in total. The van der Waals surface area contributed by atoms with Crippen LogP contribution in [0.2, 0.25) is 0 Å². The maximum atomic E-state index is 11.6. The summed E-state index contributed by atoms with van der Waals surface area (Å²) in [5.74, 6) is 0. The zero-order valence-electron chi connectivity index (χ0n) is 11.8. The molecule has 0 heterocycles. The number of hydrazine groups is 2. The first-order valence-electron chi connectivity index (χ1n) is 6.50. The van der Waals surface area contributed by atoms with Crippen LogP contribution in [0.25, 0.3) is 0 Å². The topological polar surface area (TPSA) is 122 Å². The summed E-state index contributed by atoms with van der Waals surface area (Å²) in [7, 11) is 0. The van der Waals surface area contributed by atoms with Gasteiger partial charge in [0, 0.05) is 13.1 Å². The molecule has 4 amide bonds. The lowest BCUT2D eigenvalue weighted by Crippen LogP contribution is -2.55. The van der Waals surface area contributed by atoms with Crippen molar-refractivity contribution in [2.75, 3.05) is 13.1 Å². The third-order valence-electron chi connectivity index (χ3n) is 2.41. The predicted molar refractivity (Wildman–Crippen MR) is 70.9 cm³/mol. The number of carbonyl (C=O) groups is 3. The molecule has 0 saturated heterocycles. The Morgan fingerprint density at radius 2 is 1.20 bits per heavy atom. The van der Waals surface area contributed by atoms with Gasteiger partial charge in [0.05, 0.1) is 0 Å². The SMILES string of the molecule is CCCCN(NC(=O)NN(CCCC)C(=O)O)C(=O)O. The summed E-state index contributed by atoms with van der Waals surface area (Å²) in [5, 5.41) is 19.2. The van der Waals surface area contributed by atoms with Crippen molar-refractivity contribution >= 4 is 18.2 Å². The van der Waals surface area contributed by atoms with Crippen molar-refractivity contribution in [3.05, 3.63) is 0 Å². The lowest BCUT2D eigenvalue weighted by Gasteiger charge is -2.24. The van der Waals surface area contributed by atoms with Crippen molar-refractivity contribution in [2.24, 2.45) is 0 Å². The third kappa shape index (κ3) is 7.29. The fourth-order valence-corrected chi connectivity index (χ4v) is 1.30. The Balaban J connectivity index is 4.40. The molecule has 0 aromatic rings. The maximum absolute atomic E-state index is 11.6. The van der Waals surface area contributed by atoms with Gasteiger partial charge in [-0.15, -0.1) is 0 Å². The van der Waals surface area contributed by atoms with Crippen LogP contribution in [-0.4, -0.2) is 51.5 Å². The number of amides is 4. The zero-order chi connectivity index (χ0) is 15.5. The summed E-state index contributed by atoms with van der Waals surface area (Å²) in [6, 6.07) is -0.901. The van der Waals surface area contributed by atoms with Crippen molar-refractivity contribution in [3.63, 3.8) is 0 Å². The number of nitrogens with one attached hydrogen (secondary N) is 2. The Bertz CT molecular complexity index is 307. The Morgan fingerprint density at radius 3 is 1.45 bits per heavy atom. The Labute approximate surface area is 117 Å². The van der Waals surface area contributed by atoms with Gasteiger partial charge < -0.3 is 10.2 Å². The lowest BCUT2D eigenvalue weighted by molar-refractivity contribution is 0.105. The van der Waals surface area contributed by atoms with E-state index < -0.39 is 18.2 Å². The smallest absolute Gasteiger partial charge is 0.426 e. The average molecular weight is 290 g/mol. The second-order valence-corrected chi connectivity index (χ2v) is 4.13. The standard InChI is InChI=1S/C11H22N4O5/c1-3-5-7-14(10(17)18)12-9(16)13-15(11(19)20)8-6-4-2/h3-8H2,1-2H3,(H,17,18)(H,19,20)(H2,12,13,16). The molecule has 0 fully saturated rings. The van der Waals surface area contributed by atoms with Crippen molar-refractivity contribution in [3.8, 4) is 0 Å². The first kappa shape index (κ1) is 17.8. The van der Waals surface area contributed by atoms with Crippen LogP contribution in [-0.2, 0) is 0 Å². The molecule has 0 rings (SSSR count). The third-order valence-corrected chi connectivity index (χ3v) is 2.41. The highest BCUT2D eigenvalue weighted by molar-refractivity contribution is 5.79. The van der Waals surface area contributed by atoms with Crippen molar-refractivity contribution in [1.29, 1.82) is 0 Å². The second kappa shape index (κ2) is 9.70. The fraction of sp³-hybridized carbons (Fsp3) is 0.727. The van der Waals surface area contributed by atoms with E-state index in [4.69, 9.17) is 10.2 Å². The second-order valence-electron chi connectivity index (χ2n) is 4.13. The van der Waals surface area contributed by atoms with Gasteiger partial charge in [0.2, 0.25) is 0 Å². The minimum Gasteiger partial charge on any atom is -0.464 e. The first-order valence-corrected chi connectivity index (χ1v) is 6.50. The van der Waals surface area contributed by atoms with Gasteiger partial charge in [-0.25, -0.2) is 35.3 Å². The van der Waals surface area contributed by atoms with E-state index in [9.17, 15) is 14.4 Å². The molecule has 0 aromatic heterocycles. The molecule has 0 saturated carbocycles. The lowest BCUT2D eigenvalue weighted by atomic mass is 10.3. The average Bonchev–Trinajstić information content (AvgIpc) is 2.38. The van der Waals surface area contributed by atoms with Gasteiger partial charge in [-0.3, -0.25) is 0 Å². The molecule has 0 spiro atoms. The molecule has 0 aliphatic heterocycles. The van der Waals surface area contributed by atoms with E-state index in [0.29, 0.717) is 12.8 Å². The molecule has 9 nitrogen and oxygen atoms in total. The number of carbonyl (C=O) groups excluding carboxylic acids is 1. The molecule has 20 heavy (non-hydrogen) atoms. The summed E-state index contributed by atoms with van der Waals surface area (Å²) in [6.45, 7) is 4.05. The normalized spacial score (nSPS) is 9.70. The molecule has 0 aliphatic rings. The summed E-state index contributed by atoms with van der Waals surface area (Å²) in [5.41, 5.74) is 4.18. The molecule has 116 valence electrons. The van der Waals surface area contributed by atoms with Gasteiger partial charge in [0.25, 0.3) is 0 Å². The van der Waals surface area contributed by atoms with E-state index in [1.54, 1.807) is 0 Å². The Morgan fingerprint density at radius 1 is 0.850 bits per heavy atom. The number of nitrogens with zero attached hydrogens (tertiary/aromatic N) is 2. The summed E-state index contributed by atoms with van der Waals surface area (Å²) in [6.07, 6.45) is 0.110. The van der Waals surface area contributed by atoms with Crippen LogP contribution >= 0.6 is 0 Å². The van der Waals surface area contributed by atoms with Crippen molar-refractivity contribution in [2.45, 2.75) is 39.5 Å². The number of urea groups is 1. The molecule has 0 aromatic carbocycles. The van der Waals surface area contributed by atoms with Gasteiger partial charge >= 0.3 is 18.2 Å². The maximum Gasteiger partial charge on any atom is 0.426 e. The molecular weight excluding hydrogens is 268 g/mol. The van der Waals surface area contributed by atoms with E-state index in [-0.39, 0.29) is 13.1 Å². The van der Waals surface area contributed by atoms with Crippen LogP contribution in [0, 0.1) is 0 Å². The van der Waals surface area contributed by atoms with E-state index in [2.05, 4.69) is 10.9 Å². The van der Waals surface area contributed by atoms with E-state index in [1.807, 2.05) is 13.8 Å². The molecule has 0 aliphatic carbocycles. The fourth-order valence-electron chi connectivity index (χ4n) is 1.30. The van der Waals surface area contributed by atoms with E-state index >= 15 is 0 Å². The van der Waals surface area contributed by atoms with Crippen LogP contribution in [0.1, 0.15) is 39.5 Å². The quantitative estimate of drug-likeness (QED) is 0.554. The minimum absolute atomic E-state index is 0.140. The Hall–Kier alpha value is -2.19. The van der Waals surface area contributed by atoms with Gasteiger partial charge in [-0.1, -0.05) is 26.7 Å². The van der Waals surface area contributed by atoms with E-state index in [0.717, 1.165) is 22.9 Å². The number of rotatable bonds is 6. The largest absolute Gasteiger partial charge is 0.464 e. The highest BCUT2D eigenvalue weighted by Crippen LogP contribution is 1.95. The molecule has 0 radical (unpaired) electrons. The number of hydrogen-bond acceptors (Lipinski definition) is 3. The van der Waals surface area contributed by atoms with Crippen LogP contribution in [0.4, 0.5) is 14.4 Å². The van der Waals surface area contributed by atoms with Gasteiger partial charge in [0.1, 0.15) is 0 Å². The monoisotopic (exact) mass is 290 g/mol. The van der Waals surface area contributed by atoms with Crippen LogP contribution in [0.15, 0.2) is 0 Å². The summed E-state index contributed by atoms with van der Waals surface area (Å²) < 4.78 is 0. The minimum atomic E-state index is -1.30. The van der Waals surface area contributed by atoms with Crippen molar-refractivity contribution in [1.82, 2.24) is 20.9 Å². The number of carboxylic acid groups (broad SMARTS) is 2. The molecular formula is C11H22N4O5. The highest BCUT2D eigenvalue weighted by atomic mass is 16.4. The van der Waals surface area contributed by atoms with E-state index in [1.165, 1.54) is 0 Å². The predicted octanol–water partition coefficient (Wildman–Crippen LogP) is 1.68. The van der Waals surface area contributed by atoms with Gasteiger partial charge in [-0.2, -0.15) is 0 Å². The zero-order valence-corrected chi connectivity index (χ0v) is 11.8. The number of hydrogen-bond donors (Lipinski definition) is 4. The van der Waals surface area contributed by atoms with Crippen LogP contribution in [0.5, 0.6) is 0 Å². The van der Waals surface area contributed by atoms with Gasteiger partial charge in [0.15, 0.2) is 0 Å². The Kier molecular flexibility index (Phi) is 8.64. The summed E-state index contributed by atoms with van der Waals surface area (Å²) in [4.78, 5) is 33.3. The van der Waals surface area contributed by atoms with Gasteiger partial charge in [-0.05, 0) is 12.8 Å². The first-order chi connectivity index (χ1) is 9.42. The molecule has 0 atom stereocenters. The molecule has 9 heteroatoms. The van der Waals surface area contributed by atoms with Crippen molar-refractivity contribution < 1.29 is 24.6 Å². The summed E-state index contributed by atoms with van der Waals surface area (Å²) >= 11 is 0. The van der Waals surface area contributed by atoms with Crippen LogP contribution in [0.3, 0.4) is 0 Å². The highest BCUT2D eigenvalue weighted by Gasteiger charge is 2.18. The number of unbranched alkanes of at least 4 members (excludes halogenated alkanes) is 2. The van der Waals surface area contributed by atoms with Crippen LogP contribution < -0.4 is 10.9 Å².